The number of aromatic nitrogens is 1. The zero-order valence-corrected chi connectivity index (χ0v) is 15.3. The summed E-state index contributed by atoms with van der Waals surface area (Å²) in [4.78, 5) is 32.2. The molecule has 1 saturated heterocycles. The number of ether oxygens (including phenoxy) is 1. The Bertz CT molecular complexity index is 700. The zero-order valence-electron chi connectivity index (χ0n) is 14.5. The van der Waals surface area contributed by atoms with E-state index in [1.54, 1.807) is 6.20 Å². The first-order chi connectivity index (χ1) is 12.7. The number of piperazine rings is 1. The average molecular weight is 374 g/mol. The lowest BCUT2D eigenvalue weighted by Crippen LogP contribution is -2.50. The molecule has 3 rings (SSSR count). The van der Waals surface area contributed by atoms with E-state index >= 15 is 0 Å². The van der Waals surface area contributed by atoms with Gasteiger partial charge in [0.25, 0.3) is 5.91 Å². The average Bonchev–Trinajstić information content (AvgIpc) is 3.18. The Labute approximate surface area is 156 Å². The van der Waals surface area contributed by atoms with E-state index in [9.17, 15) is 9.59 Å². The lowest BCUT2D eigenvalue weighted by atomic mass is 10.2. The predicted octanol–water partition coefficient (Wildman–Crippen LogP) is 1.69. The molecule has 1 aliphatic rings. The number of para-hydroxylation sites is 1. The van der Waals surface area contributed by atoms with Gasteiger partial charge in [0.1, 0.15) is 5.75 Å². The predicted molar refractivity (Wildman–Crippen MR) is 100 cm³/mol. The van der Waals surface area contributed by atoms with Gasteiger partial charge in [-0.25, -0.2) is 4.98 Å². The van der Waals surface area contributed by atoms with Crippen LogP contribution in [-0.2, 0) is 9.59 Å². The molecule has 0 radical (unpaired) electrons. The van der Waals surface area contributed by atoms with E-state index in [-0.39, 0.29) is 18.4 Å². The van der Waals surface area contributed by atoms with Gasteiger partial charge in [0.2, 0.25) is 5.91 Å². The van der Waals surface area contributed by atoms with Crippen LogP contribution in [0.4, 0.5) is 5.13 Å². The maximum Gasteiger partial charge on any atom is 0.260 e. The molecule has 1 aromatic heterocycles. The SMILES string of the molecule is O=C(CCN1CCN(C(=O)COc2ccccc2)CC1)Nc1nccs1. The molecule has 138 valence electrons. The lowest BCUT2D eigenvalue weighted by molar-refractivity contribution is -0.135. The smallest absolute Gasteiger partial charge is 0.260 e. The topological polar surface area (TPSA) is 74.8 Å². The monoisotopic (exact) mass is 374 g/mol. The maximum absolute atomic E-state index is 12.2. The van der Waals surface area contributed by atoms with Crippen LogP contribution in [0.5, 0.6) is 5.75 Å². The minimum absolute atomic E-state index is 0.00461. The van der Waals surface area contributed by atoms with E-state index in [0.717, 1.165) is 13.1 Å². The zero-order chi connectivity index (χ0) is 18.2. The molecule has 1 aliphatic heterocycles. The molecule has 7 nitrogen and oxygen atoms in total. The largest absolute Gasteiger partial charge is 0.484 e. The van der Waals surface area contributed by atoms with Gasteiger partial charge in [0.05, 0.1) is 0 Å². The summed E-state index contributed by atoms with van der Waals surface area (Å²) in [6.45, 7) is 3.58. The summed E-state index contributed by atoms with van der Waals surface area (Å²) in [5.74, 6) is 0.662. The number of carbonyl (C=O) groups is 2. The standard InChI is InChI=1S/C18H22N4O3S/c23-16(20-18-19-7-13-26-18)6-8-21-9-11-22(12-10-21)17(24)14-25-15-4-2-1-3-5-15/h1-5,7,13H,6,8-12,14H2,(H,19,20,23). The van der Waals surface area contributed by atoms with Crippen LogP contribution < -0.4 is 10.1 Å². The number of hydrogen-bond acceptors (Lipinski definition) is 6. The number of nitrogens with one attached hydrogen (secondary N) is 1. The second kappa shape index (κ2) is 9.30. The third kappa shape index (κ3) is 5.53. The molecular weight excluding hydrogens is 352 g/mol. The van der Waals surface area contributed by atoms with E-state index in [1.165, 1.54) is 11.3 Å². The molecule has 0 aliphatic carbocycles. The van der Waals surface area contributed by atoms with E-state index in [0.29, 0.717) is 36.9 Å². The highest BCUT2D eigenvalue weighted by Crippen LogP contribution is 2.11. The van der Waals surface area contributed by atoms with Crippen molar-refractivity contribution in [3.05, 3.63) is 41.9 Å². The summed E-state index contributed by atoms with van der Waals surface area (Å²) in [5, 5.41) is 5.24. The minimum Gasteiger partial charge on any atom is -0.484 e. The first kappa shape index (κ1) is 18.3. The van der Waals surface area contributed by atoms with Crippen molar-refractivity contribution >= 4 is 28.3 Å². The minimum atomic E-state index is -0.0327. The Balaban J connectivity index is 1.33. The number of rotatable bonds is 7. The maximum atomic E-state index is 12.2. The highest BCUT2D eigenvalue weighted by molar-refractivity contribution is 7.13. The number of amides is 2. The van der Waals surface area contributed by atoms with Gasteiger partial charge in [-0.15, -0.1) is 11.3 Å². The van der Waals surface area contributed by atoms with Crippen LogP contribution in [-0.4, -0.2) is 65.9 Å². The first-order valence-corrected chi connectivity index (χ1v) is 9.46. The number of nitrogens with zero attached hydrogens (tertiary/aromatic N) is 3. The Morgan fingerprint density at radius 2 is 1.92 bits per heavy atom. The second-order valence-corrected chi connectivity index (χ2v) is 6.85. The molecule has 0 atom stereocenters. The molecular formula is C18H22N4O3S. The molecule has 1 N–H and O–H groups in total. The Kier molecular flexibility index (Phi) is 6.56. The number of carbonyl (C=O) groups excluding carboxylic acids is 2. The van der Waals surface area contributed by atoms with Gasteiger partial charge < -0.3 is 15.0 Å². The van der Waals surface area contributed by atoms with Crippen LogP contribution in [0.2, 0.25) is 0 Å². The molecule has 26 heavy (non-hydrogen) atoms. The molecule has 0 unspecified atom stereocenters. The van der Waals surface area contributed by atoms with Gasteiger partial charge in [-0.2, -0.15) is 0 Å². The van der Waals surface area contributed by atoms with Crippen molar-refractivity contribution in [3.8, 4) is 5.75 Å². The molecule has 0 spiro atoms. The van der Waals surface area contributed by atoms with Crippen LogP contribution in [0, 0.1) is 0 Å². The summed E-state index contributed by atoms with van der Waals surface area (Å²) in [7, 11) is 0. The number of anilines is 1. The lowest BCUT2D eigenvalue weighted by Gasteiger charge is -2.34. The van der Waals surface area contributed by atoms with Gasteiger partial charge in [0, 0.05) is 50.7 Å². The van der Waals surface area contributed by atoms with Gasteiger partial charge in [-0.1, -0.05) is 18.2 Å². The van der Waals surface area contributed by atoms with Crippen LogP contribution in [0.3, 0.4) is 0 Å². The highest BCUT2D eigenvalue weighted by Gasteiger charge is 2.21. The molecule has 1 aromatic carbocycles. The molecule has 1 fully saturated rings. The molecule has 8 heteroatoms. The summed E-state index contributed by atoms with van der Waals surface area (Å²) in [6, 6.07) is 9.33. The van der Waals surface area contributed by atoms with Crippen LogP contribution in [0.25, 0.3) is 0 Å². The van der Waals surface area contributed by atoms with Crippen LogP contribution in [0.15, 0.2) is 41.9 Å². The van der Waals surface area contributed by atoms with E-state index in [1.807, 2.05) is 40.6 Å². The Morgan fingerprint density at radius 3 is 2.62 bits per heavy atom. The fraction of sp³-hybridized carbons (Fsp3) is 0.389. The molecule has 0 bridgehead atoms. The molecule has 2 amide bonds. The fourth-order valence-corrected chi connectivity index (χ4v) is 3.25. The third-order valence-corrected chi connectivity index (χ3v) is 4.85. The quantitative estimate of drug-likeness (QED) is 0.798. The van der Waals surface area contributed by atoms with Crippen molar-refractivity contribution in [2.24, 2.45) is 0 Å². The van der Waals surface area contributed by atoms with Crippen molar-refractivity contribution in [1.29, 1.82) is 0 Å². The van der Waals surface area contributed by atoms with Gasteiger partial charge in [-0.3, -0.25) is 14.5 Å². The normalized spacial score (nSPS) is 14.8. The Hall–Kier alpha value is -2.45. The number of thiazole rings is 1. The first-order valence-electron chi connectivity index (χ1n) is 8.58. The summed E-state index contributed by atoms with van der Waals surface area (Å²) in [5.41, 5.74) is 0. The second-order valence-electron chi connectivity index (χ2n) is 5.96. The van der Waals surface area contributed by atoms with Crippen molar-refractivity contribution in [2.75, 3.05) is 44.6 Å². The van der Waals surface area contributed by atoms with Gasteiger partial charge in [0.15, 0.2) is 11.7 Å². The molecule has 2 heterocycles. The van der Waals surface area contributed by atoms with E-state index in [4.69, 9.17) is 4.74 Å². The molecule has 0 saturated carbocycles. The Morgan fingerprint density at radius 1 is 1.15 bits per heavy atom. The van der Waals surface area contributed by atoms with Crippen molar-refractivity contribution in [1.82, 2.24) is 14.8 Å². The van der Waals surface area contributed by atoms with Crippen molar-refractivity contribution < 1.29 is 14.3 Å². The third-order valence-electron chi connectivity index (χ3n) is 4.16. The van der Waals surface area contributed by atoms with Gasteiger partial charge in [-0.05, 0) is 12.1 Å². The van der Waals surface area contributed by atoms with Crippen molar-refractivity contribution in [3.63, 3.8) is 0 Å². The van der Waals surface area contributed by atoms with Crippen molar-refractivity contribution in [2.45, 2.75) is 6.42 Å². The molecule has 2 aromatic rings. The van der Waals surface area contributed by atoms with Crippen LogP contribution in [0.1, 0.15) is 6.42 Å². The summed E-state index contributed by atoms with van der Waals surface area (Å²) < 4.78 is 5.51. The summed E-state index contributed by atoms with van der Waals surface area (Å²) in [6.07, 6.45) is 2.09. The summed E-state index contributed by atoms with van der Waals surface area (Å²) >= 11 is 1.41. The number of hydrogen-bond donors (Lipinski definition) is 1. The fourth-order valence-electron chi connectivity index (χ4n) is 2.70. The van der Waals surface area contributed by atoms with E-state index in [2.05, 4.69) is 15.2 Å². The van der Waals surface area contributed by atoms with E-state index < -0.39 is 0 Å². The van der Waals surface area contributed by atoms with Gasteiger partial charge >= 0.3 is 0 Å². The highest BCUT2D eigenvalue weighted by atomic mass is 32.1. The van der Waals surface area contributed by atoms with Crippen LogP contribution >= 0.6 is 11.3 Å². The number of benzene rings is 1.